The molecular weight excluding hydrogens is 478 g/mol. The van der Waals surface area contributed by atoms with Gasteiger partial charge in [0.15, 0.2) is 5.60 Å². The van der Waals surface area contributed by atoms with Crippen LogP contribution in [0.2, 0.25) is 0 Å². The molecule has 5 rings (SSSR count). The smallest absolute Gasteiger partial charge is 0.250 e. The fourth-order valence-corrected chi connectivity index (χ4v) is 5.73. The minimum Gasteiger partial charge on any atom is -0.501 e. The number of H-pyrrole nitrogens is 1. The van der Waals surface area contributed by atoms with Crippen LogP contribution >= 0.6 is 0 Å². The first kappa shape index (κ1) is 26.4. The molecule has 1 saturated carbocycles. The second-order valence-corrected chi connectivity index (χ2v) is 10.7. The summed E-state index contributed by atoms with van der Waals surface area (Å²) in [6.07, 6.45) is 7.48. The van der Waals surface area contributed by atoms with Crippen LogP contribution in [-0.2, 0) is 22.1 Å². The molecule has 3 heterocycles. The van der Waals surface area contributed by atoms with Crippen molar-refractivity contribution in [3.8, 4) is 0 Å². The summed E-state index contributed by atoms with van der Waals surface area (Å²) in [5.41, 5.74) is 4.00. The van der Waals surface area contributed by atoms with Gasteiger partial charge in [0.1, 0.15) is 11.6 Å². The Hall–Kier alpha value is -3.16. The number of imidazole rings is 1. The molecule has 38 heavy (non-hydrogen) atoms. The fourth-order valence-electron chi connectivity index (χ4n) is 5.73. The molecule has 2 aliphatic rings. The van der Waals surface area contributed by atoms with Gasteiger partial charge in [-0.25, -0.2) is 4.98 Å². The highest BCUT2D eigenvalue weighted by Crippen LogP contribution is 2.45. The Bertz CT molecular complexity index is 1450. The SMILES string of the molecule is CCCC=C(C)C(=C(C)OC)c1cc(C(O)(c2cccc(=O)n2C)C2CCCO2)c2nc(C3CC3)[nH]c2c1. The lowest BCUT2D eigenvalue weighted by molar-refractivity contribution is -0.0657. The highest BCUT2D eigenvalue weighted by molar-refractivity contribution is 5.89. The lowest BCUT2D eigenvalue weighted by Gasteiger charge is -2.36. The Morgan fingerprint density at radius 3 is 2.74 bits per heavy atom. The number of hydrogen-bond acceptors (Lipinski definition) is 5. The van der Waals surface area contributed by atoms with Gasteiger partial charge in [0, 0.05) is 36.8 Å². The van der Waals surface area contributed by atoms with E-state index < -0.39 is 11.7 Å². The van der Waals surface area contributed by atoms with Crippen molar-refractivity contribution in [2.75, 3.05) is 13.7 Å². The van der Waals surface area contributed by atoms with E-state index in [0.29, 0.717) is 30.2 Å². The van der Waals surface area contributed by atoms with Crippen LogP contribution in [0, 0.1) is 0 Å². The van der Waals surface area contributed by atoms with Crippen molar-refractivity contribution >= 4 is 16.6 Å². The van der Waals surface area contributed by atoms with Gasteiger partial charge in [-0.1, -0.05) is 25.5 Å². The van der Waals surface area contributed by atoms with Gasteiger partial charge in [-0.2, -0.15) is 0 Å². The average Bonchev–Trinajstić information content (AvgIpc) is 3.43. The van der Waals surface area contributed by atoms with Crippen LogP contribution in [0.3, 0.4) is 0 Å². The summed E-state index contributed by atoms with van der Waals surface area (Å²) >= 11 is 0. The van der Waals surface area contributed by atoms with E-state index >= 15 is 0 Å². The predicted molar refractivity (Wildman–Crippen MR) is 150 cm³/mol. The minimum absolute atomic E-state index is 0.179. The van der Waals surface area contributed by atoms with Crippen LogP contribution in [0.1, 0.15) is 87.9 Å². The zero-order chi connectivity index (χ0) is 27.0. The number of hydrogen-bond donors (Lipinski definition) is 2. The molecule has 2 aromatic heterocycles. The lowest BCUT2D eigenvalue weighted by atomic mass is 9.80. The zero-order valence-corrected chi connectivity index (χ0v) is 23.1. The number of fused-ring (bicyclic) bond motifs is 1. The Balaban J connectivity index is 1.83. The monoisotopic (exact) mass is 517 g/mol. The third-order valence-electron chi connectivity index (χ3n) is 8.03. The highest BCUT2D eigenvalue weighted by atomic mass is 16.5. The van der Waals surface area contributed by atoms with Gasteiger partial charge in [0.05, 0.1) is 29.9 Å². The Morgan fingerprint density at radius 2 is 2.08 bits per heavy atom. The van der Waals surface area contributed by atoms with Crippen LogP contribution in [0.4, 0.5) is 0 Å². The quantitative estimate of drug-likeness (QED) is 0.282. The Kier molecular flexibility index (Phi) is 7.34. The number of pyridine rings is 1. The Morgan fingerprint density at radius 1 is 1.29 bits per heavy atom. The van der Waals surface area contributed by atoms with E-state index in [1.54, 1.807) is 20.2 Å². The molecule has 0 radical (unpaired) electrons. The van der Waals surface area contributed by atoms with Crippen LogP contribution in [0.5, 0.6) is 0 Å². The molecule has 2 N–H and O–H groups in total. The van der Waals surface area contributed by atoms with Gasteiger partial charge in [-0.05, 0) is 75.3 Å². The van der Waals surface area contributed by atoms with Gasteiger partial charge in [-0.15, -0.1) is 0 Å². The van der Waals surface area contributed by atoms with Crippen LogP contribution in [-0.4, -0.2) is 39.5 Å². The zero-order valence-electron chi connectivity index (χ0n) is 23.1. The number of aliphatic hydroxyl groups is 1. The number of aromatic amines is 1. The van der Waals surface area contributed by atoms with Crippen molar-refractivity contribution in [1.29, 1.82) is 0 Å². The summed E-state index contributed by atoms with van der Waals surface area (Å²) in [5.74, 6) is 2.16. The second-order valence-electron chi connectivity index (χ2n) is 10.7. The standard InChI is InChI=1S/C31H39N3O4/c1-6-7-10-19(2)28(20(3)37-5)22-17-23(29-24(18-22)32-30(33-29)21-14-15-21)31(36,26-12-9-16-38-26)25-11-8-13-27(35)34(25)4/h8,10-11,13,17-18,21,26,36H,6-7,9,12,14-16H2,1-5H3,(H,32,33). The highest BCUT2D eigenvalue weighted by Gasteiger charge is 2.46. The lowest BCUT2D eigenvalue weighted by Crippen LogP contribution is -2.44. The first-order valence-electron chi connectivity index (χ1n) is 13.8. The topological polar surface area (TPSA) is 89.4 Å². The molecule has 3 aromatic rings. The van der Waals surface area contributed by atoms with Crippen LogP contribution < -0.4 is 5.56 Å². The molecule has 7 heteroatoms. The van der Waals surface area contributed by atoms with Crippen LogP contribution in [0.25, 0.3) is 16.6 Å². The van der Waals surface area contributed by atoms with E-state index in [2.05, 4.69) is 31.0 Å². The molecule has 2 atom stereocenters. The maximum Gasteiger partial charge on any atom is 0.250 e. The maximum absolute atomic E-state index is 12.8. The number of benzene rings is 1. The first-order chi connectivity index (χ1) is 18.3. The molecule has 2 unspecified atom stereocenters. The van der Waals surface area contributed by atoms with E-state index in [1.165, 1.54) is 10.6 Å². The van der Waals surface area contributed by atoms with E-state index in [9.17, 15) is 9.90 Å². The fraction of sp³-hybridized carbons (Fsp3) is 0.484. The molecule has 1 aliphatic carbocycles. The normalized spacial score (nSPS) is 20.5. The number of allylic oxidation sites excluding steroid dienone is 4. The average molecular weight is 518 g/mol. The largest absolute Gasteiger partial charge is 0.501 e. The number of rotatable bonds is 9. The first-order valence-corrected chi connectivity index (χ1v) is 13.8. The van der Waals surface area contributed by atoms with E-state index in [4.69, 9.17) is 14.5 Å². The summed E-state index contributed by atoms with van der Waals surface area (Å²) < 4.78 is 13.4. The number of ether oxygens (including phenoxy) is 2. The minimum atomic E-state index is -1.58. The van der Waals surface area contributed by atoms with E-state index in [0.717, 1.165) is 71.4 Å². The van der Waals surface area contributed by atoms with Gasteiger partial charge in [0.25, 0.3) is 5.56 Å². The molecule has 2 fully saturated rings. The van der Waals surface area contributed by atoms with Gasteiger partial charge in [-0.3, -0.25) is 4.79 Å². The van der Waals surface area contributed by atoms with E-state index in [-0.39, 0.29) is 5.56 Å². The number of methoxy groups -OCH3 is 1. The van der Waals surface area contributed by atoms with Gasteiger partial charge < -0.3 is 24.1 Å². The molecule has 7 nitrogen and oxygen atoms in total. The third kappa shape index (κ3) is 4.63. The summed E-state index contributed by atoms with van der Waals surface area (Å²) in [6, 6.07) is 9.17. The van der Waals surface area contributed by atoms with Crippen molar-refractivity contribution in [3.63, 3.8) is 0 Å². The molecule has 1 aromatic carbocycles. The molecule has 202 valence electrons. The second kappa shape index (κ2) is 10.5. The molecule has 1 aliphatic heterocycles. The molecule has 0 bridgehead atoms. The van der Waals surface area contributed by atoms with Crippen molar-refractivity contribution in [1.82, 2.24) is 14.5 Å². The summed E-state index contributed by atoms with van der Waals surface area (Å²) in [6.45, 7) is 6.80. The summed E-state index contributed by atoms with van der Waals surface area (Å²) in [7, 11) is 3.39. The summed E-state index contributed by atoms with van der Waals surface area (Å²) in [5, 5.41) is 12.8. The van der Waals surface area contributed by atoms with Crippen LogP contribution in [0.15, 0.2) is 52.5 Å². The van der Waals surface area contributed by atoms with Crippen molar-refractivity contribution in [2.45, 2.75) is 76.9 Å². The number of unbranched alkanes of at least 4 members (excludes halogenated alkanes) is 1. The summed E-state index contributed by atoms with van der Waals surface area (Å²) in [4.78, 5) is 21.3. The van der Waals surface area contributed by atoms with Crippen molar-refractivity contribution in [2.24, 2.45) is 7.05 Å². The maximum atomic E-state index is 12.8. The molecule has 1 saturated heterocycles. The van der Waals surface area contributed by atoms with Gasteiger partial charge in [0.2, 0.25) is 0 Å². The third-order valence-corrected chi connectivity index (χ3v) is 8.03. The van der Waals surface area contributed by atoms with Gasteiger partial charge >= 0.3 is 0 Å². The molecular formula is C31H39N3O4. The van der Waals surface area contributed by atoms with Crippen molar-refractivity contribution < 1.29 is 14.6 Å². The number of nitrogens with zero attached hydrogens (tertiary/aromatic N) is 2. The van der Waals surface area contributed by atoms with Crippen molar-refractivity contribution in [3.05, 3.63) is 80.7 Å². The predicted octanol–water partition coefficient (Wildman–Crippen LogP) is 5.68. The molecule has 0 amide bonds. The van der Waals surface area contributed by atoms with E-state index in [1.807, 2.05) is 19.1 Å². The number of nitrogens with one attached hydrogen (secondary N) is 1. The molecule has 0 spiro atoms. The Labute approximate surface area is 224 Å². The number of aromatic nitrogens is 3.